The van der Waals surface area contributed by atoms with E-state index in [1.54, 1.807) is 41.3 Å². The Balaban J connectivity index is 1.72. The van der Waals surface area contributed by atoms with Gasteiger partial charge >= 0.3 is 0 Å². The number of piperazine rings is 1. The second-order valence-electron chi connectivity index (χ2n) is 5.63. The Hall–Kier alpha value is -1.60. The normalized spacial score (nSPS) is 16.0. The van der Waals surface area contributed by atoms with Crippen LogP contribution in [0, 0.1) is 0 Å². The van der Waals surface area contributed by atoms with E-state index in [4.69, 9.17) is 23.2 Å². The first kappa shape index (κ1) is 18.2. The summed E-state index contributed by atoms with van der Waals surface area (Å²) < 4.78 is 26.7. The highest BCUT2D eigenvalue weighted by atomic mass is 35.5. The van der Waals surface area contributed by atoms with Crippen LogP contribution in [0.25, 0.3) is 0 Å². The average Bonchev–Trinajstić information content (AvgIpc) is 2.62. The molecule has 5 nitrogen and oxygen atoms in total. The van der Waals surface area contributed by atoms with E-state index in [1.165, 1.54) is 16.4 Å². The molecule has 1 aliphatic heterocycles. The molecule has 2 aromatic rings. The van der Waals surface area contributed by atoms with Crippen LogP contribution in [-0.2, 0) is 10.0 Å². The molecule has 132 valence electrons. The summed E-state index contributed by atoms with van der Waals surface area (Å²) >= 11 is 12.0. The molecule has 25 heavy (non-hydrogen) atoms. The Morgan fingerprint density at radius 1 is 0.920 bits per heavy atom. The molecular formula is C17H16Cl2N2O3S. The second-order valence-corrected chi connectivity index (χ2v) is 8.42. The fourth-order valence-electron chi connectivity index (χ4n) is 2.71. The molecule has 0 bridgehead atoms. The van der Waals surface area contributed by atoms with Crippen LogP contribution in [0.15, 0.2) is 53.4 Å². The van der Waals surface area contributed by atoms with E-state index in [9.17, 15) is 13.2 Å². The van der Waals surface area contributed by atoms with Gasteiger partial charge in [0.25, 0.3) is 5.91 Å². The van der Waals surface area contributed by atoms with Crippen molar-refractivity contribution in [3.63, 3.8) is 0 Å². The van der Waals surface area contributed by atoms with E-state index >= 15 is 0 Å². The summed E-state index contributed by atoms with van der Waals surface area (Å²) in [6, 6.07) is 13.0. The van der Waals surface area contributed by atoms with Crippen molar-refractivity contribution in [2.75, 3.05) is 26.2 Å². The maximum absolute atomic E-state index is 12.7. The van der Waals surface area contributed by atoms with E-state index in [1.807, 2.05) is 0 Å². The van der Waals surface area contributed by atoms with Gasteiger partial charge in [-0.2, -0.15) is 4.31 Å². The summed E-state index contributed by atoms with van der Waals surface area (Å²) in [5, 5.41) is 0.759. The minimum absolute atomic E-state index is 0.158. The number of carbonyl (C=O) groups excluding carboxylic acids is 1. The zero-order valence-corrected chi connectivity index (χ0v) is 15.6. The fraction of sp³-hybridized carbons (Fsp3) is 0.235. The van der Waals surface area contributed by atoms with Crippen LogP contribution in [0.3, 0.4) is 0 Å². The van der Waals surface area contributed by atoms with Gasteiger partial charge in [-0.3, -0.25) is 4.79 Å². The van der Waals surface area contributed by atoms with Gasteiger partial charge < -0.3 is 4.90 Å². The number of halogens is 2. The van der Waals surface area contributed by atoms with E-state index < -0.39 is 10.0 Å². The number of benzene rings is 2. The van der Waals surface area contributed by atoms with Crippen molar-refractivity contribution in [1.82, 2.24) is 9.21 Å². The van der Waals surface area contributed by atoms with Crippen molar-refractivity contribution in [3.05, 3.63) is 64.1 Å². The third-order valence-electron chi connectivity index (χ3n) is 4.06. The Morgan fingerprint density at radius 3 is 2.24 bits per heavy atom. The zero-order valence-electron chi connectivity index (χ0n) is 13.2. The predicted molar refractivity (Wildman–Crippen MR) is 97.6 cm³/mol. The van der Waals surface area contributed by atoms with Gasteiger partial charge in [0.15, 0.2) is 0 Å². The number of sulfonamides is 1. The molecule has 2 aromatic carbocycles. The highest BCUT2D eigenvalue weighted by molar-refractivity contribution is 7.89. The predicted octanol–water partition coefficient (Wildman–Crippen LogP) is 3.14. The number of hydrogen-bond acceptors (Lipinski definition) is 3. The van der Waals surface area contributed by atoms with Gasteiger partial charge in [-0.25, -0.2) is 8.42 Å². The van der Waals surface area contributed by atoms with Crippen molar-refractivity contribution in [2.45, 2.75) is 4.90 Å². The first-order valence-corrected chi connectivity index (χ1v) is 9.89. The summed E-state index contributed by atoms with van der Waals surface area (Å²) in [6.07, 6.45) is 0. The SMILES string of the molecule is O=C(c1ccccc1Cl)N1CCN(S(=O)(=O)c2cccc(Cl)c2)CC1. The molecule has 0 spiro atoms. The monoisotopic (exact) mass is 398 g/mol. The van der Waals surface area contributed by atoms with Crippen LogP contribution in [0.1, 0.15) is 10.4 Å². The van der Waals surface area contributed by atoms with Crippen molar-refractivity contribution >= 4 is 39.1 Å². The maximum atomic E-state index is 12.7. The lowest BCUT2D eigenvalue weighted by molar-refractivity contribution is 0.0698. The highest BCUT2D eigenvalue weighted by Crippen LogP contribution is 2.22. The van der Waals surface area contributed by atoms with Crippen molar-refractivity contribution < 1.29 is 13.2 Å². The number of hydrogen-bond donors (Lipinski definition) is 0. The summed E-state index contributed by atoms with van der Waals surface area (Å²) in [4.78, 5) is 14.3. The lowest BCUT2D eigenvalue weighted by atomic mass is 10.2. The Kier molecular flexibility index (Phi) is 5.34. The van der Waals surface area contributed by atoms with Gasteiger partial charge in [0, 0.05) is 31.2 Å². The number of carbonyl (C=O) groups is 1. The van der Waals surface area contributed by atoms with Crippen molar-refractivity contribution in [3.8, 4) is 0 Å². The molecule has 3 rings (SSSR count). The van der Waals surface area contributed by atoms with Crippen molar-refractivity contribution in [2.24, 2.45) is 0 Å². The third kappa shape index (κ3) is 3.82. The van der Waals surface area contributed by atoms with Crippen LogP contribution < -0.4 is 0 Å². The molecule has 1 saturated heterocycles. The molecule has 8 heteroatoms. The quantitative estimate of drug-likeness (QED) is 0.797. The van der Waals surface area contributed by atoms with Crippen molar-refractivity contribution in [1.29, 1.82) is 0 Å². The lowest BCUT2D eigenvalue weighted by Gasteiger charge is -2.34. The first-order chi connectivity index (χ1) is 11.9. The minimum Gasteiger partial charge on any atom is -0.336 e. The smallest absolute Gasteiger partial charge is 0.255 e. The Labute approximate surface area is 156 Å². The fourth-order valence-corrected chi connectivity index (χ4v) is 4.65. The minimum atomic E-state index is -3.62. The summed E-state index contributed by atoms with van der Waals surface area (Å²) in [5.74, 6) is -0.189. The van der Waals surface area contributed by atoms with E-state index in [0.717, 1.165) is 0 Å². The lowest BCUT2D eigenvalue weighted by Crippen LogP contribution is -2.50. The van der Waals surface area contributed by atoms with Gasteiger partial charge in [0.05, 0.1) is 15.5 Å². The molecule has 0 aromatic heterocycles. The number of nitrogens with zero attached hydrogens (tertiary/aromatic N) is 2. The molecule has 1 aliphatic rings. The number of rotatable bonds is 3. The topological polar surface area (TPSA) is 57.7 Å². The third-order valence-corrected chi connectivity index (χ3v) is 6.52. The summed E-state index contributed by atoms with van der Waals surface area (Å²) in [7, 11) is -3.62. The molecule has 1 fully saturated rings. The molecular weight excluding hydrogens is 383 g/mol. The first-order valence-electron chi connectivity index (χ1n) is 7.69. The molecule has 0 atom stereocenters. The second kappa shape index (κ2) is 7.33. The van der Waals surface area contributed by atoms with Gasteiger partial charge in [-0.15, -0.1) is 0 Å². The summed E-state index contributed by atoms with van der Waals surface area (Å²) in [6.45, 7) is 1.07. The number of amides is 1. The molecule has 0 saturated carbocycles. The van der Waals surface area contributed by atoms with E-state index in [-0.39, 0.29) is 23.9 Å². The zero-order chi connectivity index (χ0) is 18.0. The van der Waals surface area contributed by atoms with Gasteiger partial charge in [-0.05, 0) is 30.3 Å². The molecule has 0 aliphatic carbocycles. The van der Waals surface area contributed by atoms with E-state index in [2.05, 4.69) is 0 Å². The average molecular weight is 399 g/mol. The standard InChI is InChI=1S/C17H16Cl2N2O3S/c18-13-4-3-5-14(12-13)25(23,24)21-10-8-20(9-11-21)17(22)15-6-1-2-7-16(15)19/h1-7,12H,8-11H2. The van der Waals surface area contributed by atoms with Crippen LogP contribution in [-0.4, -0.2) is 49.7 Å². The largest absolute Gasteiger partial charge is 0.336 e. The highest BCUT2D eigenvalue weighted by Gasteiger charge is 2.30. The van der Waals surface area contributed by atoms with Gasteiger partial charge in [0.1, 0.15) is 0 Å². The molecule has 1 heterocycles. The Bertz CT molecular complexity index is 894. The van der Waals surface area contributed by atoms with Crippen LogP contribution in [0.2, 0.25) is 10.0 Å². The van der Waals surface area contributed by atoms with Gasteiger partial charge in [-0.1, -0.05) is 41.4 Å². The maximum Gasteiger partial charge on any atom is 0.255 e. The van der Waals surface area contributed by atoms with E-state index in [0.29, 0.717) is 28.7 Å². The molecule has 0 unspecified atom stereocenters. The van der Waals surface area contributed by atoms with Crippen LogP contribution in [0.4, 0.5) is 0 Å². The van der Waals surface area contributed by atoms with Crippen LogP contribution >= 0.6 is 23.2 Å². The van der Waals surface area contributed by atoms with Gasteiger partial charge in [0.2, 0.25) is 10.0 Å². The van der Waals surface area contributed by atoms with Crippen LogP contribution in [0.5, 0.6) is 0 Å². The molecule has 0 N–H and O–H groups in total. The molecule has 0 radical (unpaired) electrons. The molecule has 1 amide bonds. The summed E-state index contributed by atoms with van der Waals surface area (Å²) in [5.41, 5.74) is 0.426. The Morgan fingerprint density at radius 2 is 1.60 bits per heavy atom.